The Kier molecular flexibility index (Phi) is 3.60. The quantitative estimate of drug-likeness (QED) is 0.644. The van der Waals surface area contributed by atoms with Crippen LogP contribution in [-0.2, 0) is 10.0 Å². The fourth-order valence-corrected chi connectivity index (χ4v) is 3.34. The van der Waals surface area contributed by atoms with Crippen LogP contribution in [-0.4, -0.2) is 25.8 Å². The highest BCUT2D eigenvalue weighted by Gasteiger charge is 2.32. The normalized spacial score (nSPS) is 15.6. The molecule has 2 rings (SSSR count). The molecule has 0 bridgehead atoms. The first-order chi connectivity index (χ1) is 8.55. The molecule has 1 aliphatic rings. The molecule has 1 fully saturated rings. The van der Waals surface area contributed by atoms with Crippen molar-refractivity contribution in [2.45, 2.75) is 17.7 Å². The van der Waals surface area contributed by atoms with Crippen LogP contribution >= 0.6 is 0 Å². The zero-order valence-corrected chi connectivity index (χ0v) is 10.9. The third-order valence-corrected chi connectivity index (χ3v) is 4.85. The second-order valence-corrected chi connectivity index (χ2v) is 6.39. The molecule has 0 spiro atoms. The average molecular weight is 264 g/mol. The van der Waals surface area contributed by atoms with Gasteiger partial charge in [-0.05, 0) is 30.9 Å². The van der Waals surface area contributed by atoms with E-state index in [1.165, 1.54) is 10.4 Å². The third-order valence-electron chi connectivity index (χ3n) is 2.96. The molecule has 4 nitrogen and oxygen atoms in total. The number of anilines is 1. The number of terminal acetylenes is 1. The van der Waals surface area contributed by atoms with E-state index in [0.29, 0.717) is 12.5 Å². The van der Waals surface area contributed by atoms with Crippen LogP contribution in [0, 0.1) is 18.3 Å². The van der Waals surface area contributed by atoms with E-state index in [1.54, 1.807) is 18.2 Å². The minimum absolute atomic E-state index is 0.0904. The number of para-hydroxylation sites is 1. The lowest BCUT2D eigenvalue weighted by Crippen LogP contribution is -2.33. The molecule has 0 radical (unpaired) electrons. The Morgan fingerprint density at radius 1 is 1.39 bits per heavy atom. The van der Waals surface area contributed by atoms with Gasteiger partial charge in [-0.25, -0.2) is 8.42 Å². The molecular formula is C13H16N2O2S. The van der Waals surface area contributed by atoms with Gasteiger partial charge in [0, 0.05) is 6.54 Å². The van der Waals surface area contributed by atoms with E-state index in [-0.39, 0.29) is 17.1 Å². The molecule has 96 valence electrons. The topological polar surface area (TPSA) is 63.4 Å². The van der Waals surface area contributed by atoms with Crippen LogP contribution in [0.1, 0.15) is 12.8 Å². The largest absolute Gasteiger partial charge is 0.398 e. The molecule has 0 aliphatic heterocycles. The second-order valence-electron chi connectivity index (χ2n) is 4.48. The summed E-state index contributed by atoms with van der Waals surface area (Å²) in [4.78, 5) is 0.140. The highest BCUT2D eigenvalue weighted by atomic mass is 32.2. The number of sulfonamides is 1. The predicted molar refractivity (Wildman–Crippen MR) is 71.2 cm³/mol. The van der Waals surface area contributed by atoms with Crippen molar-refractivity contribution >= 4 is 15.7 Å². The van der Waals surface area contributed by atoms with E-state index in [0.717, 1.165) is 12.8 Å². The van der Waals surface area contributed by atoms with E-state index >= 15 is 0 Å². The maximum Gasteiger partial charge on any atom is 0.246 e. The Labute approximate surface area is 108 Å². The Bertz CT molecular complexity index is 571. The molecule has 2 N–H and O–H groups in total. The van der Waals surface area contributed by atoms with E-state index in [9.17, 15) is 8.42 Å². The minimum atomic E-state index is -3.58. The molecule has 0 aromatic heterocycles. The first-order valence-electron chi connectivity index (χ1n) is 5.84. The molecule has 1 aromatic rings. The summed E-state index contributed by atoms with van der Waals surface area (Å²) >= 11 is 0. The predicted octanol–water partition coefficient (Wildman–Crippen LogP) is 1.30. The van der Waals surface area contributed by atoms with Gasteiger partial charge in [-0.2, -0.15) is 4.31 Å². The van der Waals surface area contributed by atoms with Crippen LogP contribution in [0.2, 0.25) is 0 Å². The number of benzene rings is 1. The van der Waals surface area contributed by atoms with Crippen molar-refractivity contribution in [1.29, 1.82) is 0 Å². The Morgan fingerprint density at radius 3 is 2.61 bits per heavy atom. The summed E-state index contributed by atoms with van der Waals surface area (Å²) in [6.45, 7) is 0.577. The van der Waals surface area contributed by atoms with Gasteiger partial charge in [-0.3, -0.25) is 0 Å². The lowest BCUT2D eigenvalue weighted by molar-refractivity contribution is 0.430. The molecule has 0 unspecified atom stereocenters. The van der Waals surface area contributed by atoms with E-state index in [1.807, 2.05) is 0 Å². The molecule has 0 atom stereocenters. The lowest BCUT2D eigenvalue weighted by Gasteiger charge is -2.20. The van der Waals surface area contributed by atoms with Crippen LogP contribution in [0.4, 0.5) is 5.69 Å². The Morgan fingerprint density at radius 2 is 2.06 bits per heavy atom. The van der Waals surface area contributed by atoms with E-state index < -0.39 is 10.0 Å². The monoisotopic (exact) mass is 264 g/mol. The third kappa shape index (κ3) is 2.66. The van der Waals surface area contributed by atoms with Crippen molar-refractivity contribution in [3.05, 3.63) is 24.3 Å². The molecule has 5 heteroatoms. The van der Waals surface area contributed by atoms with E-state index in [2.05, 4.69) is 5.92 Å². The highest BCUT2D eigenvalue weighted by Crippen LogP contribution is 2.32. The van der Waals surface area contributed by atoms with Crippen molar-refractivity contribution in [1.82, 2.24) is 4.31 Å². The van der Waals surface area contributed by atoms with Gasteiger partial charge < -0.3 is 5.73 Å². The van der Waals surface area contributed by atoms with Crippen LogP contribution in [0.5, 0.6) is 0 Å². The van der Waals surface area contributed by atoms with Gasteiger partial charge >= 0.3 is 0 Å². The first-order valence-corrected chi connectivity index (χ1v) is 7.28. The number of rotatable bonds is 5. The summed E-state index contributed by atoms with van der Waals surface area (Å²) in [7, 11) is -3.58. The minimum Gasteiger partial charge on any atom is -0.398 e. The van der Waals surface area contributed by atoms with Crippen molar-refractivity contribution in [2.75, 3.05) is 18.8 Å². The summed E-state index contributed by atoms with van der Waals surface area (Å²) in [5.74, 6) is 2.84. The molecule has 18 heavy (non-hydrogen) atoms. The molecular weight excluding hydrogens is 248 g/mol. The molecule has 1 saturated carbocycles. The van der Waals surface area contributed by atoms with E-state index in [4.69, 9.17) is 12.2 Å². The highest BCUT2D eigenvalue weighted by molar-refractivity contribution is 7.89. The fraction of sp³-hybridized carbons (Fsp3) is 0.385. The zero-order chi connectivity index (χ0) is 13.2. The molecule has 0 amide bonds. The lowest BCUT2D eigenvalue weighted by atomic mass is 10.3. The van der Waals surface area contributed by atoms with Gasteiger partial charge in [0.25, 0.3) is 0 Å². The van der Waals surface area contributed by atoms with Crippen LogP contribution < -0.4 is 5.73 Å². The van der Waals surface area contributed by atoms with Gasteiger partial charge in [0.2, 0.25) is 10.0 Å². The number of nitrogens with zero attached hydrogens (tertiary/aromatic N) is 1. The van der Waals surface area contributed by atoms with Crippen LogP contribution in [0.15, 0.2) is 29.2 Å². The van der Waals surface area contributed by atoms with Gasteiger partial charge in [0.1, 0.15) is 4.90 Å². The number of nitrogen functional groups attached to an aromatic ring is 1. The smallest absolute Gasteiger partial charge is 0.246 e. The SMILES string of the molecule is C#CCN(CC1CC1)S(=O)(=O)c1ccccc1N. The first kappa shape index (κ1) is 12.9. The van der Waals surface area contributed by atoms with Crippen molar-refractivity contribution in [2.24, 2.45) is 5.92 Å². The molecule has 0 heterocycles. The Balaban J connectivity index is 2.32. The van der Waals surface area contributed by atoms with Crippen molar-refractivity contribution in [3.63, 3.8) is 0 Å². The Hall–Kier alpha value is -1.51. The van der Waals surface area contributed by atoms with Gasteiger partial charge in [-0.1, -0.05) is 18.1 Å². The molecule has 0 saturated heterocycles. The fourth-order valence-electron chi connectivity index (χ4n) is 1.79. The number of hydrogen-bond donors (Lipinski definition) is 1. The second kappa shape index (κ2) is 5.01. The van der Waals surface area contributed by atoms with Gasteiger partial charge in [0.05, 0.1) is 12.2 Å². The molecule has 1 aliphatic carbocycles. The average Bonchev–Trinajstić information content (AvgIpc) is 3.13. The zero-order valence-electron chi connectivity index (χ0n) is 10.0. The van der Waals surface area contributed by atoms with Crippen LogP contribution in [0.25, 0.3) is 0 Å². The summed E-state index contributed by atoms with van der Waals surface area (Å²) in [5.41, 5.74) is 5.99. The number of nitrogens with two attached hydrogens (primary N) is 1. The maximum absolute atomic E-state index is 12.5. The summed E-state index contributed by atoms with van der Waals surface area (Å²) in [5, 5.41) is 0. The summed E-state index contributed by atoms with van der Waals surface area (Å²) in [6.07, 6.45) is 7.39. The van der Waals surface area contributed by atoms with Gasteiger partial charge in [0.15, 0.2) is 0 Å². The van der Waals surface area contributed by atoms with Crippen molar-refractivity contribution in [3.8, 4) is 12.3 Å². The van der Waals surface area contributed by atoms with Crippen molar-refractivity contribution < 1.29 is 8.42 Å². The molecule has 1 aromatic carbocycles. The standard InChI is InChI=1S/C13H16N2O2S/c1-2-9-15(10-11-7-8-11)18(16,17)13-6-4-3-5-12(13)14/h1,3-6,11H,7-10,14H2. The summed E-state index contributed by atoms with van der Waals surface area (Å²) in [6, 6.07) is 6.47. The van der Waals surface area contributed by atoms with Crippen LogP contribution in [0.3, 0.4) is 0 Å². The maximum atomic E-state index is 12.5. The number of hydrogen-bond acceptors (Lipinski definition) is 3. The van der Waals surface area contributed by atoms with Gasteiger partial charge in [-0.15, -0.1) is 6.42 Å². The summed E-state index contributed by atoms with van der Waals surface area (Å²) < 4.78 is 26.3.